The molecule has 0 bridgehead atoms. The van der Waals surface area contributed by atoms with Crippen LogP contribution >= 0.6 is 0 Å². The van der Waals surface area contributed by atoms with Crippen molar-refractivity contribution < 1.29 is 14.8 Å². The first kappa shape index (κ1) is 20.4. The summed E-state index contributed by atoms with van der Waals surface area (Å²) in [5, 5.41) is 21.5. The normalized spacial score (nSPS) is 31.7. The number of hydrogen-bond donors (Lipinski definition) is 3. The second kappa shape index (κ2) is 8.80. The van der Waals surface area contributed by atoms with E-state index in [1.807, 2.05) is 7.05 Å². The number of nitrogens with two attached hydrogens (primary N) is 1. The molecule has 2 unspecified atom stereocenters. The lowest BCUT2D eigenvalue weighted by Crippen LogP contribution is -2.53. The second-order valence-corrected chi connectivity index (χ2v) is 9.20. The Morgan fingerprint density at radius 2 is 1.67 bits per heavy atom. The van der Waals surface area contributed by atoms with E-state index < -0.39 is 11.8 Å². The summed E-state index contributed by atoms with van der Waals surface area (Å²) >= 11 is 0. The van der Waals surface area contributed by atoms with Crippen molar-refractivity contribution in [3.05, 3.63) is 0 Å². The molecule has 0 aromatic carbocycles. The lowest BCUT2D eigenvalue weighted by molar-refractivity contribution is -0.553. The van der Waals surface area contributed by atoms with Gasteiger partial charge < -0.3 is 20.8 Å². The molecule has 3 rings (SSSR count). The van der Waals surface area contributed by atoms with Crippen molar-refractivity contribution >= 4 is 11.9 Å². The monoisotopic (exact) mass is 379 g/mol. The van der Waals surface area contributed by atoms with Gasteiger partial charge in [0.15, 0.2) is 24.3 Å². The number of guanidine groups is 1. The van der Waals surface area contributed by atoms with Gasteiger partial charge in [0, 0.05) is 13.0 Å². The van der Waals surface area contributed by atoms with E-state index >= 15 is 0 Å². The molecule has 3 aliphatic rings. The van der Waals surface area contributed by atoms with Crippen LogP contribution in [0.3, 0.4) is 0 Å². The van der Waals surface area contributed by atoms with E-state index in [1.165, 1.54) is 64.2 Å². The lowest BCUT2D eigenvalue weighted by Gasteiger charge is -2.35. The molecule has 27 heavy (non-hydrogen) atoms. The standard InChI is InChI=1S/C21H38N4O2/c1-16(26)25(14-18-11-7-4-8-12-18)15-21(13-17-9-5-3-6-10-17)19(27)24(2)20(22)23-21/h17-19,27H,3-15H2,1-2H3,(H2,22,23)/p+1. The third-order valence-electron chi connectivity index (χ3n) is 7.04. The quantitative estimate of drug-likeness (QED) is 0.376. The first-order valence-corrected chi connectivity index (χ1v) is 10.9. The highest BCUT2D eigenvalue weighted by Crippen LogP contribution is 2.38. The number of likely N-dealkylation sites (N-methyl/N-ethyl adjacent to an activating group) is 1. The highest BCUT2D eigenvalue weighted by Gasteiger charge is 2.51. The SMILES string of the molecule is CC(O)=[N+](CC1CCCCC1)CC1(CC2CCCCC2)N=C(N)N(C)C1O. The molecular weight excluding hydrogens is 340 g/mol. The predicted molar refractivity (Wildman–Crippen MR) is 109 cm³/mol. The van der Waals surface area contributed by atoms with E-state index in [4.69, 9.17) is 10.7 Å². The summed E-state index contributed by atoms with van der Waals surface area (Å²) in [7, 11) is 1.81. The summed E-state index contributed by atoms with van der Waals surface area (Å²) in [6.07, 6.45) is 12.7. The topological polar surface area (TPSA) is 85.1 Å². The maximum Gasteiger partial charge on any atom is 0.330 e. The molecule has 0 aromatic rings. The Labute approximate surface area is 164 Å². The number of aliphatic hydroxyl groups is 2. The molecule has 6 heteroatoms. The third kappa shape index (κ3) is 4.76. The Hall–Kier alpha value is -1.30. The molecule has 2 atom stereocenters. The largest absolute Gasteiger partial charge is 0.464 e. The van der Waals surface area contributed by atoms with Crippen molar-refractivity contribution in [1.29, 1.82) is 0 Å². The molecule has 6 nitrogen and oxygen atoms in total. The fourth-order valence-electron chi connectivity index (χ4n) is 5.40. The summed E-state index contributed by atoms with van der Waals surface area (Å²) in [4.78, 5) is 6.48. The van der Waals surface area contributed by atoms with Gasteiger partial charge in [0.05, 0.1) is 6.92 Å². The minimum Gasteiger partial charge on any atom is -0.464 e. The maximum atomic E-state index is 11.1. The van der Waals surface area contributed by atoms with Gasteiger partial charge in [0.25, 0.3) is 0 Å². The number of aliphatic hydroxyl groups excluding tert-OH is 2. The number of hydrogen-bond acceptors (Lipinski definition) is 4. The van der Waals surface area contributed by atoms with Crippen LogP contribution in [-0.4, -0.2) is 63.4 Å². The van der Waals surface area contributed by atoms with Crippen LogP contribution in [0.25, 0.3) is 0 Å². The summed E-state index contributed by atoms with van der Waals surface area (Å²) in [6, 6.07) is 0. The molecule has 0 radical (unpaired) electrons. The fourth-order valence-corrected chi connectivity index (χ4v) is 5.40. The zero-order valence-corrected chi connectivity index (χ0v) is 17.2. The van der Waals surface area contributed by atoms with Gasteiger partial charge in [-0.3, -0.25) is 0 Å². The average molecular weight is 380 g/mol. The van der Waals surface area contributed by atoms with Crippen molar-refractivity contribution in [2.24, 2.45) is 22.6 Å². The van der Waals surface area contributed by atoms with Gasteiger partial charge in [-0.05, 0) is 25.2 Å². The third-order valence-corrected chi connectivity index (χ3v) is 7.04. The number of nitrogens with zero attached hydrogens (tertiary/aromatic N) is 3. The molecule has 2 aliphatic carbocycles. The highest BCUT2D eigenvalue weighted by molar-refractivity contribution is 5.80. The summed E-state index contributed by atoms with van der Waals surface area (Å²) < 4.78 is 2.05. The van der Waals surface area contributed by atoms with Gasteiger partial charge in [-0.15, -0.1) is 0 Å². The summed E-state index contributed by atoms with van der Waals surface area (Å²) in [6.45, 7) is 3.14. The minimum absolute atomic E-state index is 0.333. The maximum absolute atomic E-state index is 11.1. The van der Waals surface area contributed by atoms with E-state index in [0.717, 1.165) is 13.0 Å². The molecule has 154 valence electrons. The molecule has 1 aliphatic heterocycles. The van der Waals surface area contributed by atoms with E-state index in [9.17, 15) is 10.2 Å². The van der Waals surface area contributed by atoms with Crippen LogP contribution in [0, 0.1) is 11.8 Å². The van der Waals surface area contributed by atoms with E-state index in [1.54, 1.807) is 11.8 Å². The molecule has 0 aromatic heterocycles. The van der Waals surface area contributed by atoms with Crippen LogP contribution in [-0.2, 0) is 0 Å². The number of rotatable bonds is 6. The van der Waals surface area contributed by atoms with Crippen molar-refractivity contribution in [2.45, 2.75) is 89.3 Å². The van der Waals surface area contributed by atoms with Crippen molar-refractivity contribution in [3.63, 3.8) is 0 Å². The van der Waals surface area contributed by atoms with E-state index in [0.29, 0.717) is 30.2 Å². The summed E-state index contributed by atoms with van der Waals surface area (Å²) in [5.74, 6) is 1.93. The van der Waals surface area contributed by atoms with Crippen molar-refractivity contribution in [2.75, 3.05) is 20.1 Å². The Morgan fingerprint density at radius 1 is 1.11 bits per heavy atom. The van der Waals surface area contributed by atoms with Crippen molar-refractivity contribution in [1.82, 2.24) is 4.90 Å². The Morgan fingerprint density at radius 3 is 2.15 bits per heavy atom. The van der Waals surface area contributed by atoms with E-state index in [-0.39, 0.29) is 0 Å². The van der Waals surface area contributed by atoms with Gasteiger partial charge in [0.2, 0.25) is 0 Å². The Kier molecular flexibility index (Phi) is 6.66. The van der Waals surface area contributed by atoms with Crippen LogP contribution in [0.2, 0.25) is 0 Å². The number of aliphatic imine (C=N–C) groups is 1. The smallest absolute Gasteiger partial charge is 0.330 e. The molecule has 2 fully saturated rings. The highest BCUT2D eigenvalue weighted by atomic mass is 16.3. The lowest BCUT2D eigenvalue weighted by atomic mass is 9.78. The Bertz CT molecular complexity index is 561. The van der Waals surface area contributed by atoms with Crippen LogP contribution in [0.4, 0.5) is 0 Å². The minimum atomic E-state index is -0.729. The first-order valence-electron chi connectivity index (χ1n) is 10.9. The van der Waals surface area contributed by atoms with Gasteiger partial charge >= 0.3 is 5.90 Å². The van der Waals surface area contributed by atoms with Crippen LogP contribution < -0.4 is 5.73 Å². The van der Waals surface area contributed by atoms with Crippen LogP contribution in [0.1, 0.15) is 77.6 Å². The molecule has 1 heterocycles. The molecule has 0 spiro atoms. The molecular formula is C21H39N4O2+. The van der Waals surface area contributed by atoms with Crippen LogP contribution in [0.15, 0.2) is 4.99 Å². The molecule has 0 amide bonds. The van der Waals surface area contributed by atoms with Crippen LogP contribution in [0.5, 0.6) is 0 Å². The van der Waals surface area contributed by atoms with Crippen molar-refractivity contribution in [3.8, 4) is 0 Å². The zero-order valence-electron chi connectivity index (χ0n) is 17.2. The van der Waals surface area contributed by atoms with Gasteiger partial charge in [-0.2, -0.15) is 4.58 Å². The van der Waals surface area contributed by atoms with E-state index in [2.05, 4.69) is 4.58 Å². The first-order chi connectivity index (χ1) is 12.9. The average Bonchev–Trinajstić information content (AvgIpc) is 2.86. The molecule has 2 saturated carbocycles. The predicted octanol–water partition coefficient (Wildman–Crippen LogP) is 2.84. The Balaban J connectivity index is 1.80. The fraction of sp³-hybridized carbons (Fsp3) is 0.905. The molecule has 4 N–H and O–H groups in total. The van der Waals surface area contributed by atoms with Gasteiger partial charge in [0.1, 0.15) is 6.54 Å². The van der Waals surface area contributed by atoms with Gasteiger partial charge in [-0.25, -0.2) is 4.99 Å². The van der Waals surface area contributed by atoms with Gasteiger partial charge in [-0.1, -0.05) is 51.4 Å². The zero-order chi connectivity index (χ0) is 19.4. The molecule has 0 saturated heterocycles. The second-order valence-electron chi connectivity index (χ2n) is 9.20. The summed E-state index contributed by atoms with van der Waals surface area (Å²) in [5.41, 5.74) is 5.46.